The Balaban J connectivity index is 1.49. The van der Waals surface area contributed by atoms with Crippen LogP contribution in [-0.4, -0.2) is 0 Å². The van der Waals surface area contributed by atoms with Crippen molar-refractivity contribution >= 4 is 59.7 Å². The molecule has 0 amide bonds. The lowest BCUT2D eigenvalue weighted by Gasteiger charge is -2.14. The summed E-state index contributed by atoms with van der Waals surface area (Å²) >= 11 is 3.66. The van der Waals surface area contributed by atoms with Gasteiger partial charge in [0.25, 0.3) is 0 Å². The number of hydrogen-bond donors (Lipinski definition) is 0. The monoisotopic (exact) mass is 420 g/mol. The van der Waals surface area contributed by atoms with Crippen molar-refractivity contribution in [3.63, 3.8) is 0 Å². The van der Waals surface area contributed by atoms with Gasteiger partial charge in [0.05, 0.1) is 4.88 Å². The molecule has 2 aromatic heterocycles. The van der Waals surface area contributed by atoms with Crippen LogP contribution in [0.4, 0.5) is 0 Å². The molecule has 6 rings (SSSR count). The van der Waals surface area contributed by atoms with E-state index in [9.17, 15) is 0 Å². The molecule has 0 N–H and O–H groups in total. The summed E-state index contributed by atoms with van der Waals surface area (Å²) in [5.74, 6) is 6.65. The summed E-state index contributed by atoms with van der Waals surface area (Å²) in [5.41, 5.74) is 5.45. The highest BCUT2D eigenvalue weighted by Crippen LogP contribution is 2.39. The minimum atomic E-state index is 1.07. The standard InChI is InChI=1S/C28H20S2/c1-17-3-7-21-15-27-26(14-22(21)11-17)25-13-20-8-5-19(12-23(20)16-28(25)30-27)6-10-24-9-4-18(2)29-24/h4-5,8-9,11-16H,3,7H2,1-2H3. The van der Waals surface area contributed by atoms with Crippen LogP contribution in [0, 0.1) is 18.8 Å². The molecule has 2 heteroatoms. The summed E-state index contributed by atoms with van der Waals surface area (Å²) in [6, 6.07) is 20.3. The van der Waals surface area contributed by atoms with Gasteiger partial charge in [0.2, 0.25) is 0 Å². The molecule has 0 nitrogen and oxygen atoms in total. The molecule has 0 bridgehead atoms. The van der Waals surface area contributed by atoms with Crippen LogP contribution in [0.15, 0.2) is 60.2 Å². The van der Waals surface area contributed by atoms with E-state index in [0.717, 1.165) is 16.9 Å². The molecular weight excluding hydrogens is 400 g/mol. The van der Waals surface area contributed by atoms with E-state index in [1.54, 1.807) is 11.3 Å². The van der Waals surface area contributed by atoms with Gasteiger partial charge < -0.3 is 0 Å². The van der Waals surface area contributed by atoms with Crippen molar-refractivity contribution in [3.8, 4) is 11.8 Å². The van der Waals surface area contributed by atoms with Crippen LogP contribution in [0.1, 0.15) is 39.8 Å². The summed E-state index contributed by atoms with van der Waals surface area (Å²) in [4.78, 5) is 2.43. The first kappa shape index (κ1) is 18.0. The van der Waals surface area contributed by atoms with Crippen molar-refractivity contribution in [2.75, 3.05) is 0 Å². The van der Waals surface area contributed by atoms with E-state index < -0.39 is 0 Å². The molecule has 0 saturated carbocycles. The molecule has 0 spiro atoms. The van der Waals surface area contributed by atoms with Gasteiger partial charge in [-0.05, 0) is 97.1 Å². The van der Waals surface area contributed by atoms with Crippen LogP contribution in [0.25, 0.3) is 37.0 Å². The molecule has 0 saturated heterocycles. The normalized spacial score (nSPS) is 13.3. The van der Waals surface area contributed by atoms with Crippen LogP contribution >= 0.6 is 22.7 Å². The molecule has 1 aliphatic rings. The summed E-state index contributed by atoms with van der Waals surface area (Å²) in [7, 11) is 0. The summed E-state index contributed by atoms with van der Waals surface area (Å²) < 4.78 is 2.76. The highest BCUT2D eigenvalue weighted by molar-refractivity contribution is 7.25. The fraction of sp³-hybridized carbons (Fsp3) is 0.143. The third kappa shape index (κ3) is 3.06. The summed E-state index contributed by atoms with van der Waals surface area (Å²) in [5, 5.41) is 5.31. The highest BCUT2D eigenvalue weighted by Gasteiger charge is 2.13. The van der Waals surface area contributed by atoms with Crippen molar-refractivity contribution in [1.82, 2.24) is 0 Å². The zero-order valence-corrected chi connectivity index (χ0v) is 18.6. The van der Waals surface area contributed by atoms with Crippen molar-refractivity contribution < 1.29 is 0 Å². The molecule has 0 fully saturated rings. The summed E-state index contributed by atoms with van der Waals surface area (Å²) in [6.07, 6.45) is 4.71. The van der Waals surface area contributed by atoms with Crippen LogP contribution in [-0.2, 0) is 6.42 Å². The molecule has 2 heterocycles. The van der Waals surface area contributed by atoms with Crippen molar-refractivity contribution in [3.05, 3.63) is 86.6 Å². The van der Waals surface area contributed by atoms with Crippen molar-refractivity contribution in [1.29, 1.82) is 0 Å². The average molecular weight is 421 g/mol. The molecule has 0 unspecified atom stereocenters. The third-order valence-corrected chi connectivity index (χ3v) is 7.98. The molecule has 0 aliphatic heterocycles. The third-order valence-electron chi connectivity index (χ3n) is 5.95. The van der Waals surface area contributed by atoms with E-state index in [0.29, 0.717) is 0 Å². The zero-order valence-electron chi connectivity index (χ0n) is 17.0. The van der Waals surface area contributed by atoms with E-state index in [1.807, 2.05) is 11.3 Å². The maximum atomic E-state index is 3.34. The summed E-state index contributed by atoms with van der Waals surface area (Å²) in [6.45, 7) is 4.36. The van der Waals surface area contributed by atoms with Crippen LogP contribution in [0.5, 0.6) is 0 Å². The second kappa shape index (κ2) is 6.84. The van der Waals surface area contributed by atoms with E-state index >= 15 is 0 Å². The molecule has 3 aromatic carbocycles. The van der Waals surface area contributed by atoms with Gasteiger partial charge in [0.15, 0.2) is 0 Å². The topological polar surface area (TPSA) is 0 Å². The minimum absolute atomic E-state index is 1.07. The quantitative estimate of drug-likeness (QED) is 0.221. The number of hydrogen-bond acceptors (Lipinski definition) is 2. The van der Waals surface area contributed by atoms with Gasteiger partial charge in [0, 0.05) is 30.6 Å². The molecule has 5 aromatic rings. The Morgan fingerprint density at radius 1 is 0.733 bits per heavy atom. The van der Waals surface area contributed by atoms with Gasteiger partial charge in [-0.25, -0.2) is 0 Å². The number of thiophene rings is 2. The lowest BCUT2D eigenvalue weighted by molar-refractivity contribution is 0.930. The Kier molecular flexibility index (Phi) is 4.09. The molecular formula is C28H20S2. The second-order valence-electron chi connectivity index (χ2n) is 8.21. The van der Waals surface area contributed by atoms with Gasteiger partial charge in [-0.15, -0.1) is 22.7 Å². The van der Waals surface area contributed by atoms with Crippen LogP contribution in [0.2, 0.25) is 0 Å². The molecule has 30 heavy (non-hydrogen) atoms. The Morgan fingerprint density at radius 2 is 1.60 bits per heavy atom. The Bertz CT molecular complexity index is 1560. The Hall–Kier alpha value is -2.86. The smallest absolute Gasteiger partial charge is 0.0775 e. The lowest BCUT2D eigenvalue weighted by atomic mass is 9.91. The van der Waals surface area contributed by atoms with E-state index in [2.05, 4.69) is 86.4 Å². The van der Waals surface area contributed by atoms with Crippen LogP contribution in [0.3, 0.4) is 0 Å². The first-order valence-corrected chi connectivity index (χ1v) is 11.9. The van der Waals surface area contributed by atoms with Gasteiger partial charge in [0.1, 0.15) is 0 Å². The number of allylic oxidation sites excluding steroid dienone is 1. The van der Waals surface area contributed by atoms with E-state index in [4.69, 9.17) is 0 Å². The second-order valence-corrected chi connectivity index (χ2v) is 10.6. The van der Waals surface area contributed by atoms with Crippen molar-refractivity contribution in [2.24, 2.45) is 0 Å². The largest absolute Gasteiger partial charge is 0.135 e. The van der Waals surface area contributed by atoms with Gasteiger partial charge in [-0.1, -0.05) is 29.6 Å². The molecule has 0 atom stereocenters. The number of fused-ring (bicyclic) bond motifs is 5. The first-order valence-electron chi connectivity index (χ1n) is 10.3. The average Bonchev–Trinajstić information content (AvgIpc) is 3.31. The Morgan fingerprint density at radius 3 is 2.47 bits per heavy atom. The van der Waals surface area contributed by atoms with E-state index in [-0.39, 0.29) is 0 Å². The number of rotatable bonds is 0. The zero-order chi connectivity index (χ0) is 20.2. The fourth-order valence-electron chi connectivity index (χ4n) is 4.36. The minimum Gasteiger partial charge on any atom is -0.135 e. The number of benzene rings is 3. The highest BCUT2D eigenvalue weighted by atomic mass is 32.1. The molecule has 1 aliphatic carbocycles. The van der Waals surface area contributed by atoms with Gasteiger partial charge in [-0.3, -0.25) is 0 Å². The van der Waals surface area contributed by atoms with E-state index in [1.165, 1.54) is 58.9 Å². The SMILES string of the molecule is CC1=Cc2cc3c(cc2CC1)sc1cc2cc(C#Cc4ccc(C)s4)ccc2cc13. The maximum absolute atomic E-state index is 3.34. The Labute approximate surface area is 184 Å². The molecule has 0 radical (unpaired) electrons. The van der Waals surface area contributed by atoms with Crippen LogP contribution < -0.4 is 0 Å². The maximum Gasteiger partial charge on any atom is 0.0775 e. The molecule has 144 valence electrons. The lowest BCUT2D eigenvalue weighted by Crippen LogP contribution is -1.96. The predicted molar refractivity (Wildman–Crippen MR) is 134 cm³/mol. The predicted octanol–water partition coefficient (Wildman–Crippen LogP) is 8.33. The van der Waals surface area contributed by atoms with Gasteiger partial charge >= 0.3 is 0 Å². The number of aryl methyl sites for hydroxylation is 2. The van der Waals surface area contributed by atoms with Gasteiger partial charge in [-0.2, -0.15) is 0 Å². The first-order chi connectivity index (χ1) is 14.6. The van der Waals surface area contributed by atoms with Crippen molar-refractivity contribution in [2.45, 2.75) is 26.7 Å². The fourth-order valence-corrected chi connectivity index (χ4v) is 6.26.